The molecule has 0 heterocycles. The molecule has 0 unspecified atom stereocenters. The number of benzene rings is 2. The van der Waals surface area contributed by atoms with Gasteiger partial charge in [0.05, 0.1) is 0 Å². The first kappa shape index (κ1) is 15.0. The first-order chi connectivity index (χ1) is 10.4. The van der Waals surface area contributed by atoms with Gasteiger partial charge in [-0.1, -0.05) is 0 Å². The van der Waals surface area contributed by atoms with Crippen LogP contribution in [0.15, 0.2) is 34.1 Å². The highest BCUT2D eigenvalue weighted by atomic mass is 32.1. The number of primary amides is 2. The van der Waals surface area contributed by atoms with E-state index in [0.717, 1.165) is 22.3 Å². The maximum atomic E-state index is 11.7. The normalized spacial score (nSPS) is 12.5. The molecule has 2 aromatic rings. The molecule has 0 bridgehead atoms. The van der Waals surface area contributed by atoms with E-state index >= 15 is 0 Å². The minimum atomic E-state index is -0.479. The molecule has 112 valence electrons. The molecule has 22 heavy (non-hydrogen) atoms. The summed E-state index contributed by atoms with van der Waals surface area (Å²) in [6.07, 6.45) is 1.04. The lowest BCUT2D eigenvalue weighted by Gasteiger charge is -2.24. The summed E-state index contributed by atoms with van der Waals surface area (Å²) >= 11 is 8.65. The van der Waals surface area contributed by atoms with E-state index < -0.39 is 11.8 Å². The van der Waals surface area contributed by atoms with Gasteiger partial charge in [-0.2, -0.15) is 0 Å². The molecule has 0 atom stereocenters. The van der Waals surface area contributed by atoms with Crippen molar-refractivity contribution in [1.82, 2.24) is 0 Å². The van der Waals surface area contributed by atoms with Crippen molar-refractivity contribution in [3.05, 3.63) is 57.6 Å². The molecule has 0 aromatic heterocycles. The highest BCUT2D eigenvalue weighted by Crippen LogP contribution is 2.34. The lowest BCUT2D eigenvalue weighted by Crippen LogP contribution is -2.21. The van der Waals surface area contributed by atoms with Crippen molar-refractivity contribution >= 4 is 37.1 Å². The van der Waals surface area contributed by atoms with Crippen molar-refractivity contribution in [2.75, 3.05) is 0 Å². The van der Waals surface area contributed by atoms with Crippen molar-refractivity contribution in [2.45, 2.75) is 22.6 Å². The van der Waals surface area contributed by atoms with Crippen LogP contribution < -0.4 is 11.5 Å². The largest absolute Gasteiger partial charge is 0.366 e. The molecule has 0 spiro atoms. The van der Waals surface area contributed by atoms with Crippen LogP contribution in [0, 0.1) is 0 Å². The highest BCUT2D eigenvalue weighted by molar-refractivity contribution is 7.80. The molecule has 4 nitrogen and oxygen atoms in total. The van der Waals surface area contributed by atoms with Crippen LogP contribution in [0.5, 0.6) is 0 Å². The highest BCUT2D eigenvalue weighted by Gasteiger charge is 2.24. The van der Waals surface area contributed by atoms with Gasteiger partial charge in [-0.05, 0) is 59.4 Å². The molecule has 3 rings (SSSR count). The van der Waals surface area contributed by atoms with E-state index in [9.17, 15) is 9.59 Å². The van der Waals surface area contributed by atoms with Crippen LogP contribution in [0.3, 0.4) is 0 Å². The number of hydrogen-bond donors (Lipinski definition) is 4. The van der Waals surface area contributed by atoms with Gasteiger partial charge in [0.25, 0.3) is 0 Å². The molecular formula is C16H14N2O2S2. The van der Waals surface area contributed by atoms with Gasteiger partial charge in [0.1, 0.15) is 0 Å². The summed E-state index contributed by atoms with van der Waals surface area (Å²) in [4.78, 5) is 24.7. The third-order valence-corrected chi connectivity index (χ3v) is 4.44. The number of thiol groups is 2. The number of carbonyl (C=O) groups is 2. The molecule has 1 aliphatic rings. The van der Waals surface area contributed by atoms with Gasteiger partial charge in [-0.15, -0.1) is 25.3 Å². The Bertz CT molecular complexity index is 762. The third kappa shape index (κ3) is 2.48. The molecule has 4 N–H and O–H groups in total. The molecule has 0 aliphatic heterocycles. The second-order valence-electron chi connectivity index (χ2n) is 5.34. The summed E-state index contributed by atoms with van der Waals surface area (Å²) in [5.74, 6) is -0.958. The van der Waals surface area contributed by atoms with Crippen LogP contribution in [-0.4, -0.2) is 11.8 Å². The van der Waals surface area contributed by atoms with Crippen molar-refractivity contribution in [2.24, 2.45) is 11.5 Å². The van der Waals surface area contributed by atoms with Crippen LogP contribution in [0.2, 0.25) is 0 Å². The first-order valence-electron chi connectivity index (χ1n) is 6.66. The van der Waals surface area contributed by atoms with Crippen LogP contribution in [0.1, 0.15) is 43.0 Å². The van der Waals surface area contributed by atoms with E-state index in [-0.39, 0.29) is 0 Å². The fraction of sp³-hybridized carbons (Fsp3) is 0.125. The van der Waals surface area contributed by atoms with E-state index in [2.05, 4.69) is 25.3 Å². The van der Waals surface area contributed by atoms with E-state index in [4.69, 9.17) is 11.5 Å². The lowest BCUT2D eigenvalue weighted by molar-refractivity contribution is 0.0990. The molecule has 2 amide bonds. The van der Waals surface area contributed by atoms with Crippen LogP contribution in [0.25, 0.3) is 0 Å². The number of fused-ring (bicyclic) bond motifs is 2. The third-order valence-electron chi connectivity index (χ3n) is 3.92. The first-order valence-corrected chi connectivity index (χ1v) is 7.55. The zero-order chi connectivity index (χ0) is 16.0. The van der Waals surface area contributed by atoms with Crippen LogP contribution in [-0.2, 0) is 12.8 Å². The quantitative estimate of drug-likeness (QED) is 0.541. The van der Waals surface area contributed by atoms with Crippen molar-refractivity contribution in [3.8, 4) is 0 Å². The number of rotatable bonds is 2. The monoisotopic (exact) mass is 330 g/mol. The Morgan fingerprint density at radius 2 is 1.14 bits per heavy atom. The summed E-state index contributed by atoms with van der Waals surface area (Å²) in [5, 5.41) is 0. The van der Waals surface area contributed by atoms with Crippen molar-refractivity contribution in [1.29, 1.82) is 0 Å². The topological polar surface area (TPSA) is 86.2 Å². The van der Waals surface area contributed by atoms with E-state index in [0.29, 0.717) is 33.8 Å². The summed E-state index contributed by atoms with van der Waals surface area (Å²) < 4.78 is 0. The fourth-order valence-corrected chi connectivity index (χ4v) is 3.55. The van der Waals surface area contributed by atoms with E-state index in [1.807, 2.05) is 12.1 Å². The Morgan fingerprint density at radius 3 is 1.45 bits per heavy atom. The molecule has 1 aliphatic carbocycles. The molecule has 2 aromatic carbocycles. The van der Waals surface area contributed by atoms with Gasteiger partial charge in [0.2, 0.25) is 11.8 Å². The summed E-state index contributed by atoms with van der Waals surface area (Å²) in [5.41, 5.74) is 15.5. The second-order valence-corrected chi connectivity index (χ2v) is 6.38. The molecular weight excluding hydrogens is 316 g/mol. The minimum Gasteiger partial charge on any atom is -0.366 e. The summed E-state index contributed by atoms with van der Waals surface area (Å²) in [7, 11) is 0. The fourth-order valence-electron chi connectivity index (χ4n) is 2.98. The SMILES string of the molecule is NC(=O)c1cc(S)cc2c1Cc1cc(S)cc(C(N)=O)c1C2. The van der Waals surface area contributed by atoms with Crippen LogP contribution in [0.4, 0.5) is 0 Å². The standard InChI is InChI=1S/C16H14N2O2S2/c17-15(19)13-5-9(21)1-7-3-12-8(4-11(7)13)2-10(22)6-14(12)16(18)20/h1-2,5-6,21-22H,3-4H2,(H2,17,19)(H2,18,20). The Labute approximate surface area is 138 Å². The maximum absolute atomic E-state index is 11.7. The molecule has 0 saturated heterocycles. The van der Waals surface area contributed by atoms with Crippen molar-refractivity contribution < 1.29 is 9.59 Å². The number of carbonyl (C=O) groups excluding carboxylic acids is 2. The number of amides is 2. The second kappa shape index (κ2) is 5.37. The lowest BCUT2D eigenvalue weighted by atomic mass is 9.81. The van der Waals surface area contributed by atoms with Gasteiger partial charge in [0, 0.05) is 20.9 Å². The Morgan fingerprint density at radius 1 is 0.773 bits per heavy atom. The number of nitrogens with two attached hydrogens (primary N) is 2. The average Bonchev–Trinajstić information content (AvgIpc) is 2.43. The van der Waals surface area contributed by atoms with Crippen LogP contribution >= 0.6 is 25.3 Å². The summed E-state index contributed by atoms with van der Waals surface area (Å²) in [6.45, 7) is 0. The van der Waals surface area contributed by atoms with E-state index in [1.54, 1.807) is 12.1 Å². The Hall–Kier alpha value is -1.92. The van der Waals surface area contributed by atoms with Gasteiger partial charge >= 0.3 is 0 Å². The maximum Gasteiger partial charge on any atom is 0.249 e. The molecule has 0 radical (unpaired) electrons. The van der Waals surface area contributed by atoms with Gasteiger partial charge < -0.3 is 11.5 Å². The average molecular weight is 330 g/mol. The van der Waals surface area contributed by atoms with E-state index in [1.165, 1.54) is 0 Å². The summed E-state index contributed by atoms with van der Waals surface area (Å²) in [6, 6.07) is 7.14. The number of hydrogen-bond acceptors (Lipinski definition) is 4. The Kier molecular flexibility index (Phi) is 3.66. The zero-order valence-corrected chi connectivity index (χ0v) is 13.4. The zero-order valence-electron chi connectivity index (χ0n) is 11.6. The van der Waals surface area contributed by atoms with Crippen molar-refractivity contribution in [3.63, 3.8) is 0 Å². The molecule has 6 heteroatoms. The van der Waals surface area contributed by atoms with Gasteiger partial charge in [-0.25, -0.2) is 0 Å². The molecule has 0 fully saturated rings. The van der Waals surface area contributed by atoms with Gasteiger partial charge in [-0.3, -0.25) is 9.59 Å². The predicted molar refractivity (Wildman–Crippen MR) is 90.0 cm³/mol. The smallest absolute Gasteiger partial charge is 0.249 e. The van der Waals surface area contributed by atoms with Gasteiger partial charge in [0.15, 0.2) is 0 Å². The Balaban J connectivity index is 2.22. The molecule has 0 saturated carbocycles. The minimum absolute atomic E-state index is 0.471. The predicted octanol–water partition coefficient (Wildman–Crippen LogP) is 1.96.